The van der Waals surface area contributed by atoms with E-state index in [1.165, 1.54) is 17.2 Å². The summed E-state index contributed by atoms with van der Waals surface area (Å²) in [4.78, 5) is 27.8. The molecule has 7 heteroatoms. The minimum absolute atomic E-state index is 0.125. The number of amides is 1. The van der Waals surface area contributed by atoms with Gasteiger partial charge in [0.1, 0.15) is 18.1 Å². The van der Waals surface area contributed by atoms with Crippen LogP contribution in [0.3, 0.4) is 0 Å². The van der Waals surface area contributed by atoms with Crippen LogP contribution in [0.2, 0.25) is 5.02 Å². The lowest BCUT2D eigenvalue weighted by Gasteiger charge is -2.39. The maximum atomic E-state index is 14.6. The van der Waals surface area contributed by atoms with Crippen LogP contribution in [0.5, 0.6) is 0 Å². The van der Waals surface area contributed by atoms with Crippen LogP contribution >= 0.6 is 11.6 Å². The molecule has 2 aliphatic rings. The highest BCUT2D eigenvalue weighted by atomic mass is 35.5. The van der Waals surface area contributed by atoms with Gasteiger partial charge in [0.15, 0.2) is 0 Å². The number of aromatic nitrogens is 1. The quantitative estimate of drug-likeness (QED) is 0.327. The van der Waals surface area contributed by atoms with E-state index in [4.69, 9.17) is 16.3 Å². The minimum Gasteiger partial charge on any atom is -0.365 e. The van der Waals surface area contributed by atoms with E-state index in [1.807, 2.05) is 17.0 Å². The number of carbonyl (C=O) groups excluding carboxylic acids is 2. The molecular formula is C29H24ClFN2O3. The summed E-state index contributed by atoms with van der Waals surface area (Å²) in [7, 11) is 0. The molecule has 36 heavy (non-hydrogen) atoms. The van der Waals surface area contributed by atoms with Gasteiger partial charge in [0.25, 0.3) is 5.91 Å². The molecule has 0 bridgehead atoms. The SMILES string of the molecule is O=CC(c1ccccc1F)n1cc(C(=O)N2CCC3(CC2)OCc2ccccc23)c2ccc(Cl)cc21. The first-order valence-corrected chi connectivity index (χ1v) is 12.4. The third-order valence-electron chi connectivity index (χ3n) is 7.55. The molecular weight excluding hydrogens is 479 g/mol. The van der Waals surface area contributed by atoms with Crippen LogP contribution in [0.25, 0.3) is 10.9 Å². The Hall–Kier alpha value is -3.48. The molecule has 0 radical (unpaired) electrons. The summed E-state index contributed by atoms with van der Waals surface area (Å²) in [5.74, 6) is -0.607. The summed E-state index contributed by atoms with van der Waals surface area (Å²) in [6.45, 7) is 1.71. The second-order valence-electron chi connectivity index (χ2n) is 9.45. The normalized spacial score (nSPS) is 17.3. The van der Waals surface area contributed by atoms with Crippen LogP contribution in [-0.2, 0) is 21.7 Å². The summed E-state index contributed by atoms with van der Waals surface area (Å²) in [6.07, 6.45) is 3.77. The van der Waals surface area contributed by atoms with Crippen molar-refractivity contribution in [3.63, 3.8) is 0 Å². The number of carbonyl (C=O) groups is 2. The number of rotatable bonds is 4. The molecule has 0 aliphatic carbocycles. The number of hydrogen-bond donors (Lipinski definition) is 0. The third kappa shape index (κ3) is 3.64. The van der Waals surface area contributed by atoms with Crippen molar-refractivity contribution in [1.82, 2.24) is 9.47 Å². The Morgan fingerprint density at radius 1 is 1.06 bits per heavy atom. The molecule has 1 saturated heterocycles. The second kappa shape index (κ2) is 8.87. The van der Waals surface area contributed by atoms with Crippen LogP contribution in [0.15, 0.2) is 72.9 Å². The van der Waals surface area contributed by atoms with Crippen LogP contribution in [-0.4, -0.2) is 34.7 Å². The molecule has 182 valence electrons. The number of aldehydes is 1. The van der Waals surface area contributed by atoms with Crippen molar-refractivity contribution in [1.29, 1.82) is 0 Å². The Kier molecular flexibility index (Phi) is 5.66. The highest BCUT2D eigenvalue weighted by molar-refractivity contribution is 6.31. The Balaban J connectivity index is 1.34. The summed E-state index contributed by atoms with van der Waals surface area (Å²) in [6, 6.07) is 18.7. The monoisotopic (exact) mass is 502 g/mol. The zero-order valence-corrected chi connectivity index (χ0v) is 20.2. The summed E-state index contributed by atoms with van der Waals surface area (Å²) < 4.78 is 22.5. The number of halogens is 2. The van der Waals surface area contributed by atoms with Gasteiger partial charge >= 0.3 is 0 Å². The maximum Gasteiger partial charge on any atom is 0.256 e. The molecule has 1 amide bonds. The van der Waals surface area contributed by atoms with Crippen molar-refractivity contribution in [3.8, 4) is 0 Å². The standard InChI is InChI=1S/C29H24ClFN2O3/c30-20-9-10-21-23(16-33(26(21)15-20)27(17-34)22-6-2-4-8-25(22)31)28(35)32-13-11-29(12-14-32)24-7-3-1-5-19(24)18-36-29/h1-10,15-17,27H,11-14,18H2. The third-order valence-corrected chi connectivity index (χ3v) is 7.78. The summed E-state index contributed by atoms with van der Waals surface area (Å²) in [5.41, 5.74) is 3.40. The molecule has 0 saturated carbocycles. The number of likely N-dealkylation sites (tertiary alicyclic amines) is 1. The van der Waals surface area contributed by atoms with E-state index in [2.05, 4.69) is 12.1 Å². The number of ether oxygens (including phenoxy) is 1. The number of piperidine rings is 1. The Morgan fingerprint density at radius 3 is 2.58 bits per heavy atom. The van der Waals surface area contributed by atoms with Gasteiger partial charge in [-0.15, -0.1) is 0 Å². The van der Waals surface area contributed by atoms with E-state index in [0.29, 0.717) is 60.3 Å². The van der Waals surface area contributed by atoms with Crippen molar-refractivity contribution in [2.75, 3.05) is 13.1 Å². The molecule has 0 N–H and O–H groups in total. The molecule has 1 aromatic heterocycles. The number of hydrogen-bond acceptors (Lipinski definition) is 3. The van der Waals surface area contributed by atoms with Crippen molar-refractivity contribution < 1.29 is 18.7 Å². The molecule has 3 heterocycles. The first kappa shape index (κ1) is 23.0. The van der Waals surface area contributed by atoms with Crippen molar-refractivity contribution in [2.24, 2.45) is 0 Å². The number of nitrogens with zero attached hydrogens (tertiary/aromatic N) is 2. The van der Waals surface area contributed by atoms with E-state index in [9.17, 15) is 14.0 Å². The van der Waals surface area contributed by atoms with Crippen LogP contribution in [0.4, 0.5) is 4.39 Å². The Morgan fingerprint density at radius 2 is 1.81 bits per heavy atom. The Bertz CT molecular complexity index is 1490. The van der Waals surface area contributed by atoms with Crippen LogP contribution in [0.1, 0.15) is 45.9 Å². The van der Waals surface area contributed by atoms with Gasteiger partial charge in [-0.05, 0) is 42.2 Å². The van der Waals surface area contributed by atoms with Crippen molar-refractivity contribution in [3.05, 3.63) is 106 Å². The molecule has 1 atom stereocenters. The highest BCUT2D eigenvalue weighted by Gasteiger charge is 2.43. The maximum absolute atomic E-state index is 14.6. The first-order valence-electron chi connectivity index (χ1n) is 12.0. The molecule has 5 nitrogen and oxygen atoms in total. The average molecular weight is 503 g/mol. The summed E-state index contributed by atoms with van der Waals surface area (Å²) >= 11 is 6.28. The van der Waals surface area contributed by atoms with Gasteiger partial charge in [-0.2, -0.15) is 0 Å². The van der Waals surface area contributed by atoms with Gasteiger partial charge in [-0.25, -0.2) is 4.39 Å². The van der Waals surface area contributed by atoms with E-state index in [1.54, 1.807) is 47.2 Å². The summed E-state index contributed by atoms with van der Waals surface area (Å²) in [5, 5.41) is 1.14. The molecule has 1 fully saturated rings. The van der Waals surface area contributed by atoms with E-state index >= 15 is 0 Å². The fourth-order valence-corrected chi connectivity index (χ4v) is 5.83. The first-order chi connectivity index (χ1) is 17.5. The zero-order valence-electron chi connectivity index (χ0n) is 19.5. The van der Waals surface area contributed by atoms with Gasteiger partial charge in [0.2, 0.25) is 0 Å². The van der Waals surface area contributed by atoms with Crippen molar-refractivity contribution >= 4 is 34.7 Å². The predicted molar refractivity (Wildman–Crippen MR) is 136 cm³/mol. The molecule has 6 rings (SSSR count). The van der Waals surface area contributed by atoms with Gasteiger partial charge in [-0.1, -0.05) is 60.1 Å². The highest BCUT2D eigenvalue weighted by Crippen LogP contribution is 2.44. The van der Waals surface area contributed by atoms with Gasteiger partial charge in [0, 0.05) is 35.3 Å². The fourth-order valence-electron chi connectivity index (χ4n) is 5.67. The van der Waals surface area contributed by atoms with Gasteiger partial charge in [-0.3, -0.25) is 4.79 Å². The second-order valence-corrected chi connectivity index (χ2v) is 9.88. The average Bonchev–Trinajstić information content (AvgIpc) is 3.45. The molecule has 3 aromatic carbocycles. The molecule has 2 aliphatic heterocycles. The lowest BCUT2D eigenvalue weighted by molar-refractivity contribution is -0.109. The van der Waals surface area contributed by atoms with E-state index in [-0.39, 0.29) is 17.1 Å². The van der Waals surface area contributed by atoms with Crippen LogP contribution < -0.4 is 0 Å². The van der Waals surface area contributed by atoms with Gasteiger partial charge in [0.05, 0.1) is 23.3 Å². The largest absolute Gasteiger partial charge is 0.365 e. The minimum atomic E-state index is -0.929. The topological polar surface area (TPSA) is 51.5 Å². The molecule has 1 unspecified atom stereocenters. The lowest BCUT2D eigenvalue weighted by Crippen LogP contribution is -2.45. The van der Waals surface area contributed by atoms with E-state index in [0.717, 1.165) is 0 Å². The van der Waals surface area contributed by atoms with Crippen LogP contribution in [0, 0.1) is 5.82 Å². The lowest BCUT2D eigenvalue weighted by atomic mass is 9.83. The van der Waals surface area contributed by atoms with Crippen molar-refractivity contribution in [2.45, 2.75) is 31.1 Å². The number of benzene rings is 3. The predicted octanol–water partition coefficient (Wildman–Crippen LogP) is 5.88. The smallest absolute Gasteiger partial charge is 0.256 e. The molecule has 4 aromatic rings. The Labute approximate surface area is 213 Å². The fraction of sp³-hybridized carbons (Fsp3) is 0.241. The zero-order chi connectivity index (χ0) is 24.9. The molecule has 1 spiro atoms. The van der Waals surface area contributed by atoms with E-state index < -0.39 is 11.9 Å². The van der Waals surface area contributed by atoms with Gasteiger partial charge < -0.3 is 19.0 Å². The number of fused-ring (bicyclic) bond motifs is 3.